The zero-order valence-corrected chi connectivity index (χ0v) is 13.1. The molecule has 0 unspecified atom stereocenters. The Balaban J connectivity index is 1.62. The first-order valence-electron chi connectivity index (χ1n) is 6.90. The zero-order valence-electron chi connectivity index (χ0n) is 11.5. The molecule has 106 valence electrons. The van der Waals surface area contributed by atoms with Crippen LogP contribution in [-0.4, -0.2) is 6.04 Å². The van der Waals surface area contributed by atoms with Crippen LogP contribution < -0.4 is 10.1 Å². The van der Waals surface area contributed by atoms with Gasteiger partial charge in [-0.2, -0.15) is 0 Å². The Kier molecular flexibility index (Phi) is 4.13. The summed E-state index contributed by atoms with van der Waals surface area (Å²) in [6.45, 7) is 3.37. The van der Waals surface area contributed by atoms with Crippen LogP contribution in [0.4, 0.5) is 0 Å². The van der Waals surface area contributed by atoms with Gasteiger partial charge in [0.1, 0.15) is 18.1 Å². The van der Waals surface area contributed by atoms with Crippen molar-refractivity contribution in [1.29, 1.82) is 0 Å². The lowest BCUT2D eigenvalue weighted by molar-refractivity contribution is 0.299. The van der Waals surface area contributed by atoms with Gasteiger partial charge in [-0.1, -0.05) is 22.0 Å². The van der Waals surface area contributed by atoms with Crippen LogP contribution in [0.3, 0.4) is 0 Å². The normalized spacial score (nSPS) is 14.5. The lowest BCUT2D eigenvalue weighted by Gasteiger charge is -2.10. The molecule has 1 heterocycles. The Bertz CT molecular complexity index is 590. The SMILES string of the molecule is Cc1ccc(Br)cc1OCc1ccoc1CNC1CC1. The fourth-order valence-corrected chi connectivity index (χ4v) is 2.40. The monoisotopic (exact) mass is 335 g/mol. The number of rotatable bonds is 6. The van der Waals surface area contributed by atoms with Crippen molar-refractivity contribution in [2.45, 2.75) is 39.0 Å². The van der Waals surface area contributed by atoms with Gasteiger partial charge in [0.15, 0.2) is 0 Å². The third-order valence-corrected chi connectivity index (χ3v) is 3.99. The number of hydrogen-bond donors (Lipinski definition) is 1. The molecule has 20 heavy (non-hydrogen) atoms. The first kappa shape index (κ1) is 13.7. The van der Waals surface area contributed by atoms with Crippen LogP contribution in [-0.2, 0) is 13.2 Å². The van der Waals surface area contributed by atoms with Gasteiger partial charge in [0.05, 0.1) is 12.8 Å². The molecule has 0 atom stereocenters. The van der Waals surface area contributed by atoms with Crippen LogP contribution in [0.1, 0.15) is 29.7 Å². The summed E-state index contributed by atoms with van der Waals surface area (Å²) in [4.78, 5) is 0. The van der Waals surface area contributed by atoms with E-state index in [1.54, 1.807) is 6.26 Å². The first-order valence-corrected chi connectivity index (χ1v) is 7.69. The van der Waals surface area contributed by atoms with Gasteiger partial charge in [0.25, 0.3) is 0 Å². The van der Waals surface area contributed by atoms with Crippen LogP contribution >= 0.6 is 15.9 Å². The summed E-state index contributed by atoms with van der Waals surface area (Å²) >= 11 is 3.47. The highest BCUT2D eigenvalue weighted by Gasteiger charge is 2.21. The third-order valence-electron chi connectivity index (χ3n) is 3.50. The fourth-order valence-electron chi connectivity index (χ4n) is 2.06. The van der Waals surface area contributed by atoms with E-state index in [-0.39, 0.29) is 0 Å². The number of ether oxygens (including phenoxy) is 1. The molecule has 3 nitrogen and oxygen atoms in total. The highest BCUT2D eigenvalue weighted by Crippen LogP contribution is 2.25. The van der Waals surface area contributed by atoms with Crippen LogP contribution in [0.2, 0.25) is 0 Å². The molecule has 1 saturated carbocycles. The van der Waals surface area contributed by atoms with E-state index in [1.165, 1.54) is 12.8 Å². The molecule has 0 spiro atoms. The van der Waals surface area contributed by atoms with Crippen LogP contribution in [0.15, 0.2) is 39.4 Å². The predicted molar refractivity (Wildman–Crippen MR) is 81.8 cm³/mol. The van der Waals surface area contributed by atoms with Gasteiger partial charge in [0, 0.05) is 16.1 Å². The van der Waals surface area contributed by atoms with Gasteiger partial charge in [-0.15, -0.1) is 0 Å². The molecule has 1 aliphatic rings. The third kappa shape index (κ3) is 3.44. The summed E-state index contributed by atoms with van der Waals surface area (Å²) in [5.41, 5.74) is 2.24. The van der Waals surface area contributed by atoms with E-state index >= 15 is 0 Å². The molecule has 0 bridgehead atoms. The van der Waals surface area contributed by atoms with Gasteiger partial charge >= 0.3 is 0 Å². The molecular formula is C16H18BrNO2. The predicted octanol–water partition coefficient (Wildman–Crippen LogP) is 4.18. The quantitative estimate of drug-likeness (QED) is 0.859. The van der Waals surface area contributed by atoms with E-state index < -0.39 is 0 Å². The summed E-state index contributed by atoms with van der Waals surface area (Å²) in [6.07, 6.45) is 4.30. The van der Waals surface area contributed by atoms with Crippen molar-refractivity contribution in [3.8, 4) is 5.75 Å². The topological polar surface area (TPSA) is 34.4 Å². The van der Waals surface area contributed by atoms with Gasteiger partial charge < -0.3 is 14.5 Å². The minimum atomic E-state index is 0.537. The van der Waals surface area contributed by atoms with Crippen molar-refractivity contribution in [3.63, 3.8) is 0 Å². The number of benzene rings is 1. The van der Waals surface area contributed by atoms with Gasteiger partial charge in [-0.3, -0.25) is 0 Å². The Morgan fingerprint density at radius 1 is 1.35 bits per heavy atom. The maximum Gasteiger partial charge on any atom is 0.124 e. The van der Waals surface area contributed by atoms with E-state index in [4.69, 9.17) is 9.15 Å². The fraction of sp³-hybridized carbons (Fsp3) is 0.375. The Labute approximate surface area is 127 Å². The smallest absolute Gasteiger partial charge is 0.124 e. The maximum absolute atomic E-state index is 5.91. The summed E-state index contributed by atoms with van der Waals surface area (Å²) in [7, 11) is 0. The average Bonchev–Trinajstić information content (AvgIpc) is 3.16. The lowest BCUT2D eigenvalue weighted by Crippen LogP contribution is -2.16. The van der Waals surface area contributed by atoms with E-state index in [0.717, 1.165) is 33.7 Å². The van der Waals surface area contributed by atoms with Crippen molar-refractivity contribution in [2.75, 3.05) is 0 Å². The molecule has 1 aromatic carbocycles. The summed E-state index contributed by atoms with van der Waals surface area (Å²) in [5, 5.41) is 3.46. The minimum absolute atomic E-state index is 0.537. The average molecular weight is 336 g/mol. The number of aryl methyl sites for hydroxylation is 1. The molecule has 3 rings (SSSR count). The van der Waals surface area contributed by atoms with Crippen LogP contribution in [0.25, 0.3) is 0 Å². The molecule has 1 N–H and O–H groups in total. The molecule has 0 saturated heterocycles. The van der Waals surface area contributed by atoms with E-state index in [2.05, 4.69) is 21.2 Å². The Hall–Kier alpha value is -1.26. The summed E-state index contributed by atoms with van der Waals surface area (Å²) in [6, 6.07) is 8.73. The number of furan rings is 1. The number of halogens is 1. The second-order valence-corrected chi connectivity index (χ2v) is 6.14. The molecule has 4 heteroatoms. The van der Waals surface area contributed by atoms with E-state index in [0.29, 0.717) is 12.6 Å². The number of hydrogen-bond acceptors (Lipinski definition) is 3. The van der Waals surface area contributed by atoms with Crippen molar-refractivity contribution in [1.82, 2.24) is 5.32 Å². The Morgan fingerprint density at radius 3 is 3.00 bits per heavy atom. The molecule has 1 aromatic heterocycles. The van der Waals surface area contributed by atoms with Gasteiger partial charge in [0.2, 0.25) is 0 Å². The largest absolute Gasteiger partial charge is 0.488 e. The van der Waals surface area contributed by atoms with Gasteiger partial charge in [-0.05, 0) is 43.5 Å². The minimum Gasteiger partial charge on any atom is -0.488 e. The highest BCUT2D eigenvalue weighted by molar-refractivity contribution is 9.10. The molecule has 0 aliphatic heterocycles. The van der Waals surface area contributed by atoms with Crippen LogP contribution in [0, 0.1) is 6.92 Å². The highest BCUT2D eigenvalue weighted by atomic mass is 79.9. The summed E-state index contributed by atoms with van der Waals surface area (Å²) < 4.78 is 12.5. The van der Waals surface area contributed by atoms with Crippen molar-refractivity contribution < 1.29 is 9.15 Å². The standard InChI is InChI=1S/C16H18BrNO2/c1-11-2-3-13(17)8-15(11)20-10-12-6-7-19-16(12)9-18-14-4-5-14/h2-3,6-8,14,18H,4-5,9-10H2,1H3. The molecule has 0 radical (unpaired) electrons. The van der Waals surface area contributed by atoms with E-state index in [1.807, 2.05) is 31.2 Å². The molecule has 1 aliphatic carbocycles. The van der Waals surface area contributed by atoms with Gasteiger partial charge in [-0.25, -0.2) is 0 Å². The molecular weight excluding hydrogens is 318 g/mol. The van der Waals surface area contributed by atoms with Crippen molar-refractivity contribution >= 4 is 15.9 Å². The van der Waals surface area contributed by atoms with Crippen molar-refractivity contribution in [3.05, 3.63) is 51.9 Å². The number of nitrogens with one attached hydrogen (secondary N) is 1. The first-order chi connectivity index (χ1) is 9.72. The maximum atomic E-state index is 5.91. The lowest BCUT2D eigenvalue weighted by atomic mass is 10.2. The summed E-state index contributed by atoms with van der Waals surface area (Å²) in [5.74, 6) is 1.88. The van der Waals surface area contributed by atoms with Crippen LogP contribution in [0.5, 0.6) is 5.75 Å². The second kappa shape index (κ2) is 6.02. The molecule has 0 amide bonds. The zero-order chi connectivity index (χ0) is 13.9. The molecule has 1 fully saturated rings. The Morgan fingerprint density at radius 2 is 2.20 bits per heavy atom. The van der Waals surface area contributed by atoms with E-state index in [9.17, 15) is 0 Å². The van der Waals surface area contributed by atoms with Crippen molar-refractivity contribution in [2.24, 2.45) is 0 Å². The molecule has 2 aromatic rings. The second-order valence-electron chi connectivity index (χ2n) is 5.22.